The largest absolute Gasteiger partial charge is 0.497 e. The molecule has 140 valence electrons. The number of carbonyl (C=O) groups is 2. The summed E-state index contributed by atoms with van der Waals surface area (Å²) in [6, 6.07) is 6.61. The minimum atomic E-state index is -0.562. The first-order chi connectivity index (χ1) is 11.4. The molecule has 1 aliphatic rings. The van der Waals surface area contributed by atoms with Crippen molar-refractivity contribution in [2.75, 3.05) is 13.7 Å². The van der Waals surface area contributed by atoms with E-state index in [4.69, 9.17) is 10.5 Å². The van der Waals surface area contributed by atoms with Crippen LogP contribution in [0.4, 0.5) is 0 Å². The minimum Gasteiger partial charge on any atom is -0.497 e. The molecule has 6 nitrogen and oxygen atoms in total. The molecule has 0 aliphatic carbocycles. The summed E-state index contributed by atoms with van der Waals surface area (Å²) in [4.78, 5) is 26.3. The fraction of sp³-hybridized carbons (Fsp3) is 0.556. The first kappa shape index (κ1) is 21.3. The summed E-state index contributed by atoms with van der Waals surface area (Å²) >= 11 is 0. The predicted molar refractivity (Wildman–Crippen MR) is 99.6 cm³/mol. The molecule has 7 heteroatoms. The van der Waals surface area contributed by atoms with Crippen molar-refractivity contribution in [2.24, 2.45) is 11.7 Å². The molecule has 0 saturated carbocycles. The molecular weight excluding hydrogens is 342 g/mol. The summed E-state index contributed by atoms with van der Waals surface area (Å²) in [6.07, 6.45) is 1.23. The lowest BCUT2D eigenvalue weighted by Gasteiger charge is -2.19. The van der Waals surface area contributed by atoms with Crippen molar-refractivity contribution < 1.29 is 14.3 Å². The van der Waals surface area contributed by atoms with Crippen molar-refractivity contribution in [1.82, 2.24) is 10.2 Å². The van der Waals surface area contributed by atoms with E-state index < -0.39 is 12.1 Å². The Morgan fingerprint density at radius 2 is 2.00 bits per heavy atom. The van der Waals surface area contributed by atoms with Gasteiger partial charge < -0.3 is 20.7 Å². The average molecular weight is 370 g/mol. The third-order valence-electron chi connectivity index (χ3n) is 4.21. The highest BCUT2D eigenvalue weighted by Crippen LogP contribution is 2.18. The fourth-order valence-corrected chi connectivity index (χ4v) is 2.87. The van der Waals surface area contributed by atoms with Gasteiger partial charge in [0.25, 0.3) is 0 Å². The molecule has 2 atom stereocenters. The zero-order chi connectivity index (χ0) is 17.7. The number of nitrogens with one attached hydrogen (secondary N) is 1. The number of amides is 2. The Hall–Kier alpha value is -1.79. The van der Waals surface area contributed by atoms with E-state index in [-0.39, 0.29) is 24.2 Å². The van der Waals surface area contributed by atoms with Crippen LogP contribution in [0, 0.1) is 5.92 Å². The van der Waals surface area contributed by atoms with Crippen LogP contribution in [0.2, 0.25) is 0 Å². The van der Waals surface area contributed by atoms with Crippen molar-refractivity contribution in [3.63, 3.8) is 0 Å². The van der Waals surface area contributed by atoms with Gasteiger partial charge in [0.05, 0.1) is 13.2 Å². The summed E-state index contributed by atoms with van der Waals surface area (Å²) < 4.78 is 5.13. The maximum atomic E-state index is 12.5. The number of halogens is 1. The number of hydrogen-bond acceptors (Lipinski definition) is 4. The van der Waals surface area contributed by atoms with E-state index >= 15 is 0 Å². The molecule has 2 amide bonds. The Bertz CT molecular complexity index is 577. The standard InChI is InChI=1S/C18H27N3O3.ClH/c1-12(2)10-15(19)17(22)20-16-8-9-21(18(16)23)11-13-4-6-14(24-3)7-5-13;/h4-7,12,15-16H,8-11,19H2,1-3H3,(H,20,22);1H/t15-,16?;/m0./s1. The molecule has 0 bridgehead atoms. The third-order valence-corrected chi connectivity index (χ3v) is 4.21. The lowest BCUT2D eigenvalue weighted by Crippen LogP contribution is -2.48. The van der Waals surface area contributed by atoms with Crippen LogP contribution in [0.25, 0.3) is 0 Å². The van der Waals surface area contributed by atoms with E-state index in [0.29, 0.717) is 31.8 Å². The van der Waals surface area contributed by atoms with Gasteiger partial charge in [0.15, 0.2) is 0 Å². The van der Waals surface area contributed by atoms with Crippen molar-refractivity contribution in [1.29, 1.82) is 0 Å². The molecule has 1 fully saturated rings. The van der Waals surface area contributed by atoms with Gasteiger partial charge in [0.2, 0.25) is 11.8 Å². The summed E-state index contributed by atoms with van der Waals surface area (Å²) in [7, 11) is 1.62. The van der Waals surface area contributed by atoms with E-state index in [1.165, 1.54) is 0 Å². The van der Waals surface area contributed by atoms with Gasteiger partial charge in [-0.05, 0) is 36.5 Å². The lowest BCUT2D eigenvalue weighted by molar-refractivity contribution is -0.133. The molecule has 1 aromatic carbocycles. The molecule has 1 saturated heterocycles. The van der Waals surface area contributed by atoms with Gasteiger partial charge in [-0.15, -0.1) is 12.4 Å². The Balaban J connectivity index is 0.00000312. The number of benzene rings is 1. The van der Waals surface area contributed by atoms with Crippen LogP contribution < -0.4 is 15.8 Å². The van der Waals surface area contributed by atoms with Crippen molar-refractivity contribution in [3.05, 3.63) is 29.8 Å². The van der Waals surface area contributed by atoms with Crippen LogP contribution in [0.1, 0.15) is 32.3 Å². The summed E-state index contributed by atoms with van der Waals surface area (Å²) in [5.74, 6) is 0.844. The quantitative estimate of drug-likeness (QED) is 0.766. The normalized spacial score (nSPS) is 18.0. The number of likely N-dealkylation sites (tertiary alicyclic amines) is 1. The monoisotopic (exact) mass is 369 g/mol. The first-order valence-corrected chi connectivity index (χ1v) is 8.38. The topological polar surface area (TPSA) is 84.7 Å². The highest BCUT2D eigenvalue weighted by Gasteiger charge is 2.33. The summed E-state index contributed by atoms with van der Waals surface area (Å²) in [5, 5.41) is 2.79. The number of methoxy groups -OCH3 is 1. The van der Waals surface area contributed by atoms with Gasteiger partial charge in [0.1, 0.15) is 11.8 Å². The summed E-state index contributed by atoms with van der Waals surface area (Å²) in [5.41, 5.74) is 6.91. The Morgan fingerprint density at radius 1 is 1.36 bits per heavy atom. The molecule has 1 unspecified atom stereocenters. The van der Waals surface area contributed by atoms with E-state index in [0.717, 1.165) is 11.3 Å². The molecular formula is C18H28ClN3O3. The maximum Gasteiger partial charge on any atom is 0.245 e. The van der Waals surface area contributed by atoms with E-state index in [1.54, 1.807) is 12.0 Å². The van der Waals surface area contributed by atoms with E-state index in [1.807, 2.05) is 38.1 Å². The molecule has 0 aromatic heterocycles. The highest BCUT2D eigenvalue weighted by molar-refractivity contribution is 5.90. The van der Waals surface area contributed by atoms with Crippen LogP contribution in [-0.2, 0) is 16.1 Å². The number of carbonyl (C=O) groups excluding carboxylic acids is 2. The number of ether oxygens (including phenoxy) is 1. The van der Waals surface area contributed by atoms with Crippen LogP contribution in [0.15, 0.2) is 24.3 Å². The van der Waals surface area contributed by atoms with Gasteiger partial charge in [0, 0.05) is 13.1 Å². The van der Waals surface area contributed by atoms with Crippen LogP contribution in [0.5, 0.6) is 5.75 Å². The maximum absolute atomic E-state index is 12.5. The summed E-state index contributed by atoms with van der Waals surface area (Å²) in [6.45, 7) is 5.21. The van der Waals surface area contributed by atoms with E-state index in [2.05, 4.69) is 5.32 Å². The molecule has 3 N–H and O–H groups in total. The van der Waals surface area contributed by atoms with Gasteiger partial charge in [-0.1, -0.05) is 26.0 Å². The number of nitrogens with two attached hydrogens (primary N) is 1. The van der Waals surface area contributed by atoms with Crippen LogP contribution in [0.3, 0.4) is 0 Å². The molecule has 25 heavy (non-hydrogen) atoms. The van der Waals surface area contributed by atoms with Crippen LogP contribution >= 0.6 is 12.4 Å². The number of nitrogens with zero attached hydrogens (tertiary/aromatic N) is 1. The smallest absolute Gasteiger partial charge is 0.245 e. The lowest BCUT2D eigenvalue weighted by atomic mass is 10.0. The Labute approximate surface area is 155 Å². The number of hydrogen-bond donors (Lipinski definition) is 2. The van der Waals surface area contributed by atoms with Gasteiger partial charge >= 0.3 is 0 Å². The fourth-order valence-electron chi connectivity index (χ4n) is 2.87. The van der Waals surface area contributed by atoms with Crippen molar-refractivity contribution in [2.45, 2.75) is 45.3 Å². The second-order valence-electron chi connectivity index (χ2n) is 6.69. The molecule has 0 radical (unpaired) electrons. The highest BCUT2D eigenvalue weighted by atomic mass is 35.5. The average Bonchev–Trinajstić information content (AvgIpc) is 2.88. The zero-order valence-corrected chi connectivity index (χ0v) is 15.8. The Kier molecular flexibility index (Phi) is 8.19. The second kappa shape index (κ2) is 9.63. The third kappa shape index (κ3) is 5.90. The van der Waals surface area contributed by atoms with E-state index in [9.17, 15) is 9.59 Å². The second-order valence-corrected chi connectivity index (χ2v) is 6.69. The molecule has 0 spiro atoms. The van der Waals surface area contributed by atoms with Crippen molar-refractivity contribution in [3.8, 4) is 5.75 Å². The van der Waals surface area contributed by atoms with Gasteiger partial charge in [-0.25, -0.2) is 0 Å². The van der Waals surface area contributed by atoms with Gasteiger partial charge in [-0.3, -0.25) is 9.59 Å². The van der Waals surface area contributed by atoms with Gasteiger partial charge in [-0.2, -0.15) is 0 Å². The van der Waals surface area contributed by atoms with Crippen LogP contribution in [-0.4, -0.2) is 42.5 Å². The molecule has 1 aliphatic heterocycles. The Morgan fingerprint density at radius 3 is 2.56 bits per heavy atom. The zero-order valence-electron chi connectivity index (χ0n) is 15.0. The number of rotatable bonds is 7. The first-order valence-electron chi connectivity index (χ1n) is 8.38. The molecule has 1 heterocycles. The SMILES string of the molecule is COc1ccc(CN2CCC(NC(=O)[C@@H](N)CC(C)C)C2=O)cc1.Cl. The minimum absolute atomic E-state index is 0. The predicted octanol–water partition coefficient (Wildman–Crippen LogP) is 1.71. The molecule has 2 rings (SSSR count). The molecule has 1 aromatic rings. The van der Waals surface area contributed by atoms with Crippen molar-refractivity contribution >= 4 is 24.2 Å².